The Morgan fingerprint density at radius 2 is 1.83 bits per heavy atom. The van der Waals surface area contributed by atoms with E-state index in [0.717, 1.165) is 6.04 Å². The number of benzene rings is 1. The lowest BCUT2D eigenvalue weighted by Gasteiger charge is -2.33. The minimum atomic E-state index is 0.617. The van der Waals surface area contributed by atoms with Crippen LogP contribution in [0.2, 0.25) is 0 Å². The molecule has 2 rings (SSSR count). The number of nitrogens with zero attached hydrogens (tertiary/aromatic N) is 1. The third-order valence-electron chi connectivity index (χ3n) is 3.72. The van der Waals surface area contributed by atoms with Gasteiger partial charge in [0.05, 0.1) is 0 Å². The molecule has 1 heterocycles. The summed E-state index contributed by atoms with van der Waals surface area (Å²) in [5.74, 6) is 0. The van der Waals surface area contributed by atoms with Gasteiger partial charge in [0.2, 0.25) is 0 Å². The smallest absolute Gasteiger partial charge is 0.00937 e. The summed E-state index contributed by atoms with van der Waals surface area (Å²) in [7, 11) is 0. The molecule has 1 aromatic rings. The van der Waals surface area contributed by atoms with Gasteiger partial charge in [0, 0.05) is 18.6 Å². The Kier molecular flexibility index (Phi) is 5.21. The highest BCUT2D eigenvalue weighted by Gasteiger charge is 2.18. The fourth-order valence-corrected chi connectivity index (χ4v) is 2.73. The van der Waals surface area contributed by atoms with Crippen LogP contribution in [0.3, 0.4) is 0 Å². The standard InChI is InChI=1S/C16H26N2/c1-14(2)17-16-9-12-18(13-10-16)11-8-15-6-4-3-5-7-15/h3-7,14,16-17H,8-13H2,1-2H3. The van der Waals surface area contributed by atoms with Gasteiger partial charge in [-0.2, -0.15) is 0 Å². The second kappa shape index (κ2) is 6.91. The van der Waals surface area contributed by atoms with E-state index < -0.39 is 0 Å². The molecule has 0 amide bonds. The summed E-state index contributed by atoms with van der Waals surface area (Å²) in [4.78, 5) is 2.60. The van der Waals surface area contributed by atoms with E-state index in [1.165, 1.54) is 44.5 Å². The van der Waals surface area contributed by atoms with Crippen molar-refractivity contribution in [3.05, 3.63) is 35.9 Å². The third kappa shape index (κ3) is 4.43. The van der Waals surface area contributed by atoms with Crippen molar-refractivity contribution in [3.8, 4) is 0 Å². The third-order valence-corrected chi connectivity index (χ3v) is 3.72. The molecule has 1 fully saturated rings. The number of likely N-dealkylation sites (tertiary alicyclic amines) is 1. The van der Waals surface area contributed by atoms with Gasteiger partial charge in [-0.15, -0.1) is 0 Å². The summed E-state index contributed by atoms with van der Waals surface area (Å²) in [6.45, 7) is 8.18. The van der Waals surface area contributed by atoms with Crippen LogP contribution in [-0.4, -0.2) is 36.6 Å². The van der Waals surface area contributed by atoms with Crippen LogP contribution in [0.5, 0.6) is 0 Å². The van der Waals surface area contributed by atoms with E-state index in [9.17, 15) is 0 Å². The number of rotatable bonds is 5. The lowest BCUT2D eigenvalue weighted by atomic mass is 10.0. The first-order chi connectivity index (χ1) is 8.74. The quantitative estimate of drug-likeness (QED) is 0.859. The lowest BCUT2D eigenvalue weighted by Crippen LogP contribution is -2.45. The summed E-state index contributed by atoms with van der Waals surface area (Å²) in [6, 6.07) is 12.2. The number of hydrogen-bond acceptors (Lipinski definition) is 2. The highest BCUT2D eigenvalue weighted by atomic mass is 15.1. The maximum atomic E-state index is 3.65. The zero-order valence-electron chi connectivity index (χ0n) is 11.7. The Labute approximate surface area is 111 Å². The van der Waals surface area contributed by atoms with Gasteiger partial charge in [0.15, 0.2) is 0 Å². The SMILES string of the molecule is CC(C)NC1CCN(CCc2ccccc2)CC1. The van der Waals surface area contributed by atoms with Crippen LogP contribution in [0.15, 0.2) is 30.3 Å². The molecule has 1 aliphatic rings. The van der Waals surface area contributed by atoms with Crippen LogP contribution in [0.1, 0.15) is 32.3 Å². The summed E-state index contributed by atoms with van der Waals surface area (Å²) in [5, 5.41) is 3.65. The fraction of sp³-hybridized carbons (Fsp3) is 0.625. The monoisotopic (exact) mass is 246 g/mol. The van der Waals surface area contributed by atoms with Gasteiger partial charge in [-0.25, -0.2) is 0 Å². The molecule has 0 radical (unpaired) electrons. The normalized spacial score (nSPS) is 18.4. The van der Waals surface area contributed by atoms with Crippen molar-refractivity contribution < 1.29 is 0 Å². The molecule has 1 aromatic carbocycles. The molecule has 0 bridgehead atoms. The zero-order valence-corrected chi connectivity index (χ0v) is 11.7. The first-order valence-corrected chi connectivity index (χ1v) is 7.26. The minimum Gasteiger partial charge on any atom is -0.312 e. The Hall–Kier alpha value is -0.860. The Morgan fingerprint density at radius 3 is 2.44 bits per heavy atom. The number of piperidine rings is 1. The predicted molar refractivity (Wildman–Crippen MR) is 77.9 cm³/mol. The van der Waals surface area contributed by atoms with Crippen LogP contribution in [-0.2, 0) is 6.42 Å². The Balaban J connectivity index is 1.68. The van der Waals surface area contributed by atoms with Crippen molar-refractivity contribution in [2.45, 2.75) is 45.2 Å². The average molecular weight is 246 g/mol. The molecule has 0 unspecified atom stereocenters. The molecule has 0 spiro atoms. The molecule has 0 saturated carbocycles. The zero-order chi connectivity index (χ0) is 12.8. The van der Waals surface area contributed by atoms with Gasteiger partial charge in [-0.05, 0) is 37.9 Å². The van der Waals surface area contributed by atoms with E-state index in [4.69, 9.17) is 0 Å². The van der Waals surface area contributed by atoms with Gasteiger partial charge in [-0.3, -0.25) is 0 Å². The molecule has 0 aliphatic carbocycles. The van der Waals surface area contributed by atoms with Crippen molar-refractivity contribution in [1.82, 2.24) is 10.2 Å². The molecule has 2 heteroatoms. The van der Waals surface area contributed by atoms with Crippen molar-refractivity contribution in [1.29, 1.82) is 0 Å². The first kappa shape index (κ1) is 13.6. The van der Waals surface area contributed by atoms with Crippen LogP contribution >= 0.6 is 0 Å². The molecular weight excluding hydrogens is 220 g/mol. The second-order valence-electron chi connectivity index (χ2n) is 5.67. The fourth-order valence-electron chi connectivity index (χ4n) is 2.73. The van der Waals surface area contributed by atoms with Gasteiger partial charge < -0.3 is 10.2 Å². The summed E-state index contributed by atoms with van der Waals surface area (Å²) in [6.07, 6.45) is 3.78. The van der Waals surface area contributed by atoms with Gasteiger partial charge in [0.25, 0.3) is 0 Å². The number of hydrogen-bond donors (Lipinski definition) is 1. The molecule has 1 N–H and O–H groups in total. The van der Waals surface area contributed by atoms with E-state index >= 15 is 0 Å². The van der Waals surface area contributed by atoms with E-state index in [0.29, 0.717) is 6.04 Å². The summed E-state index contributed by atoms with van der Waals surface area (Å²) < 4.78 is 0. The number of nitrogens with one attached hydrogen (secondary N) is 1. The van der Waals surface area contributed by atoms with E-state index in [-0.39, 0.29) is 0 Å². The average Bonchev–Trinajstić information content (AvgIpc) is 2.38. The maximum absolute atomic E-state index is 3.65. The van der Waals surface area contributed by atoms with Crippen molar-refractivity contribution >= 4 is 0 Å². The van der Waals surface area contributed by atoms with E-state index in [1.807, 2.05) is 0 Å². The molecule has 100 valence electrons. The maximum Gasteiger partial charge on any atom is 0.00937 e. The highest BCUT2D eigenvalue weighted by molar-refractivity contribution is 5.14. The minimum absolute atomic E-state index is 0.617. The van der Waals surface area contributed by atoms with Crippen LogP contribution in [0.25, 0.3) is 0 Å². The van der Waals surface area contributed by atoms with E-state index in [2.05, 4.69) is 54.4 Å². The Bertz CT molecular complexity index is 326. The molecule has 18 heavy (non-hydrogen) atoms. The molecule has 0 aromatic heterocycles. The molecular formula is C16H26N2. The van der Waals surface area contributed by atoms with Crippen molar-refractivity contribution in [2.75, 3.05) is 19.6 Å². The van der Waals surface area contributed by atoms with Gasteiger partial charge in [-0.1, -0.05) is 44.2 Å². The van der Waals surface area contributed by atoms with Gasteiger partial charge in [0.1, 0.15) is 0 Å². The molecule has 1 aliphatic heterocycles. The van der Waals surface area contributed by atoms with Gasteiger partial charge >= 0.3 is 0 Å². The first-order valence-electron chi connectivity index (χ1n) is 7.26. The largest absolute Gasteiger partial charge is 0.312 e. The summed E-state index contributed by atoms with van der Waals surface area (Å²) >= 11 is 0. The van der Waals surface area contributed by atoms with Crippen LogP contribution in [0.4, 0.5) is 0 Å². The van der Waals surface area contributed by atoms with Crippen molar-refractivity contribution in [3.63, 3.8) is 0 Å². The molecule has 0 atom stereocenters. The lowest BCUT2D eigenvalue weighted by molar-refractivity contribution is 0.195. The van der Waals surface area contributed by atoms with Crippen molar-refractivity contribution in [2.24, 2.45) is 0 Å². The highest BCUT2D eigenvalue weighted by Crippen LogP contribution is 2.12. The topological polar surface area (TPSA) is 15.3 Å². The van der Waals surface area contributed by atoms with E-state index in [1.54, 1.807) is 0 Å². The Morgan fingerprint density at radius 1 is 1.17 bits per heavy atom. The molecule has 2 nitrogen and oxygen atoms in total. The molecule has 1 saturated heterocycles. The predicted octanol–water partition coefficient (Wildman–Crippen LogP) is 2.69. The van der Waals surface area contributed by atoms with Crippen LogP contribution < -0.4 is 5.32 Å². The summed E-state index contributed by atoms with van der Waals surface area (Å²) in [5.41, 5.74) is 1.46. The second-order valence-corrected chi connectivity index (χ2v) is 5.67. The van der Waals surface area contributed by atoms with Crippen LogP contribution in [0, 0.1) is 0 Å².